The van der Waals surface area contributed by atoms with Crippen LogP contribution < -0.4 is 18.9 Å². The van der Waals surface area contributed by atoms with E-state index in [2.05, 4.69) is 15.9 Å². The van der Waals surface area contributed by atoms with Crippen molar-refractivity contribution in [2.45, 2.75) is 13.8 Å². The van der Waals surface area contributed by atoms with Gasteiger partial charge in [0.1, 0.15) is 11.5 Å². The SMILES string of the molecule is CCOc1ccc2c(c1)O/C(=C\c1cccc(OCC)c1OC(=O)c1ccc(Br)cc1)C2=O. The van der Waals surface area contributed by atoms with E-state index >= 15 is 0 Å². The Hall–Kier alpha value is -3.58. The van der Waals surface area contributed by atoms with Crippen molar-refractivity contribution in [2.75, 3.05) is 13.2 Å². The van der Waals surface area contributed by atoms with Crippen LogP contribution in [0.5, 0.6) is 23.0 Å². The summed E-state index contributed by atoms with van der Waals surface area (Å²) < 4.78 is 23.5. The Labute approximate surface area is 199 Å². The van der Waals surface area contributed by atoms with E-state index in [1.54, 1.807) is 66.7 Å². The third kappa shape index (κ3) is 4.93. The van der Waals surface area contributed by atoms with Gasteiger partial charge in [0.05, 0.1) is 24.3 Å². The molecular formula is C26H21BrO6. The second-order valence-electron chi connectivity index (χ2n) is 7.03. The standard InChI is InChI=1S/C26H21BrO6/c1-3-30-19-12-13-20-22(15-19)32-23(24(20)28)14-17-6-5-7-21(31-4-2)25(17)33-26(29)16-8-10-18(27)11-9-16/h5-15H,3-4H2,1-2H3/b23-14-. The summed E-state index contributed by atoms with van der Waals surface area (Å²) >= 11 is 3.35. The molecule has 0 bridgehead atoms. The molecule has 168 valence electrons. The highest BCUT2D eigenvalue weighted by atomic mass is 79.9. The lowest BCUT2D eigenvalue weighted by Gasteiger charge is -2.13. The molecule has 0 unspecified atom stereocenters. The molecule has 0 aliphatic carbocycles. The van der Waals surface area contributed by atoms with Crippen molar-refractivity contribution in [3.63, 3.8) is 0 Å². The number of hydrogen-bond donors (Lipinski definition) is 0. The molecule has 33 heavy (non-hydrogen) atoms. The number of Topliss-reactive ketones (excluding diaryl/α,β-unsaturated/α-hetero) is 1. The van der Waals surface area contributed by atoms with Gasteiger partial charge in [-0.15, -0.1) is 0 Å². The Kier molecular flexibility index (Phi) is 6.79. The van der Waals surface area contributed by atoms with Crippen molar-refractivity contribution >= 4 is 33.8 Å². The molecule has 1 aliphatic rings. The van der Waals surface area contributed by atoms with Crippen molar-refractivity contribution in [1.29, 1.82) is 0 Å². The minimum absolute atomic E-state index is 0.119. The first kappa shape index (κ1) is 22.6. The van der Waals surface area contributed by atoms with Gasteiger partial charge in [0, 0.05) is 16.1 Å². The fourth-order valence-corrected chi connectivity index (χ4v) is 3.59. The normalized spacial score (nSPS) is 13.4. The molecule has 3 aromatic carbocycles. The first-order chi connectivity index (χ1) is 16.0. The fraction of sp³-hybridized carbons (Fsp3) is 0.154. The van der Waals surface area contributed by atoms with Crippen molar-refractivity contribution < 1.29 is 28.5 Å². The molecule has 3 aromatic rings. The predicted molar refractivity (Wildman–Crippen MR) is 127 cm³/mol. The number of carbonyl (C=O) groups is 2. The highest BCUT2D eigenvalue weighted by Crippen LogP contribution is 2.38. The van der Waals surface area contributed by atoms with Crippen LogP contribution in [0.15, 0.2) is 70.9 Å². The van der Waals surface area contributed by atoms with E-state index in [0.717, 1.165) is 4.47 Å². The second kappa shape index (κ2) is 9.92. The van der Waals surface area contributed by atoms with Crippen LogP contribution in [-0.2, 0) is 0 Å². The molecule has 1 heterocycles. The van der Waals surface area contributed by atoms with Crippen LogP contribution >= 0.6 is 15.9 Å². The van der Waals surface area contributed by atoms with Gasteiger partial charge in [-0.3, -0.25) is 4.79 Å². The number of hydrogen-bond acceptors (Lipinski definition) is 6. The van der Waals surface area contributed by atoms with Crippen molar-refractivity contribution in [3.05, 3.63) is 87.6 Å². The molecular weight excluding hydrogens is 488 g/mol. The number of allylic oxidation sites excluding steroid dienone is 1. The van der Waals surface area contributed by atoms with Crippen LogP contribution in [0.4, 0.5) is 0 Å². The lowest BCUT2D eigenvalue weighted by Crippen LogP contribution is -2.11. The van der Waals surface area contributed by atoms with Crippen LogP contribution in [0.3, 0.4) is 0 Å². The molecule has 0 aromatic heterocycles. The van der Waals surface area contributed by atoms with E-state index in [9.17, 15) is 9.59 Å². The topological polar surface area (TPSA) is 71.1 Å². The molecule has 0 atom stereocenters. The second-order valence-corrected chi connectivity index (χ2v) is 7.95. The van der Waals surface area contributed by atoms with E-state index in [1.807, 2.05) is 13.8 Å². The Morgan fingerprint density at radius 2 is 1.76 bits per heavy atom. The summed E-state index contributed by atoms with van der Waals surface area (Å²) in [6.07, 6.45) is 1.55. The van der Waals surface area contributed by atoms with E-state index in [0.29, 0.717) is 47.2 Å². The van der Waals surface area contributed by atoms with E-state index < -0.39 is 5.97 Å². The average molecular weight is 509 g/mol. The quantitative estimate of drug-likeness (QED) is 0.218. The van der Waals surface area contributed by atoms with E-state index in [1.165, 1.54) is 0 Å². The molecule has 1 aliphatic heterocycles. The van der Waals surface area contributed by atoms with Crippen LogP contribution in [0.2, 0.25) is 0 Å². The maximum atomic E-state index is 12.9. The third-order valence-electron chi connectivity index (χ3n) is 4.82. The number of ketones is 1. The Bertz CT molecular complexity index is 1230. The Balaban J connectivity index is 1.68. The van der Waals surface area contributed by atoms with Crippen LogP contribution in [0.1, 0.15) is 40.1 Å². The molecule has 6 nitrogen and oxygen atoms in total. The number of esters is 1. The zero-order chi connectivity index (χ0) is 23.4. The molecule has 0 radical (unpaired) electrons. The number of rotatable bonds is 7. The van der Waals surface area contributed by atoms with Crippen molar-refractivity contribution in [3.8, 4) is 23.0 Å². The van der Waals surface area contributed by atoms with Crippen LogP contribution in [0, 0.1) is 0 Å². The molecule has 0 amide bonds. The Morgan fingerprint density at radius 3 is 2.48 bits per heavy atom. The molecule has 7 heteroatoms. The van der Waals surface area contributed by atoms with Crippen molar-refractivity contribution in [1.82, 2.24) is 0 Å². The van der Waals surface area contributed by atoms with Crippen LogP contribution in [-0.4, -0.2) is 25.0 Å². The van der Waals surface area contributed by atoms with Gasteiger partial charge in [0.25, 0.3) is 0 Å². The lowest BCUT2D eigenvalue weighted by molar-refractivity contribution is 0.0728. The molecule has 0 spiro atoms. The molecule has 4 rings (SSSR count). The van der Waals surface area contributed by atoms with Gasteiger partial charge in [-0.25, -0.2) is 4.79 Å². The molecule has 0 saturated carbocycles. The van der Waals surface area contributed by atoms with Gasteiger partial charge in [-0.1, -0.05) is 28.1 Å². The summed E-state index contributed by atoms with van der Waals surface area (Å²) in [7, 11) is 0. The average Bonchev–Trinajstić information content (AvgIpc) is 3.11. The van der Waals surface area contributed by atoms with E-state index in [4.69, 9.17) is 18.9 Å². The highest BCUT2D eigenvalue weighted by Gasteiger charge is 2.28. The van der Waals surface area contributed by atoms with Gasteiger partial charge in [-0.05, 0) is 62.4 Å². The number of fused-ring (bicyclic) bond motifs is 1. The van der Waals surface area contributed by atoms with Gasteiger partial charge < -0.3 is 18.9 Å². The molecule has 0 fully saturated rings. The first-order valence-corrected chi connectivity index (χ1v) is 11.2. The van der Waals surface area contributed by atoms with Gasteiger partial charge in [0.15, 0.2) is 17.3 Å². The van der Waals surface area contributed by atoms with Gasteiger partial charge >= 0.3 is 5.97 Å². The molecule has 0 saturated heterocycles. The number of benzene rings is 3. The fourth-order valence-electron chi connectivity index (χ4n) is 3.33. The zero-order valence-electron chi connectivity index (χ0n) is 18.1. The number of halogens is 1. The summed E-state index contributed by atoms with van der Waals surface area (Å²) in [5.41, 5.74) is 1.30. The number of para-hydroxylation sites is 1. The highest BCUT2D eigenvalue weighted by molar-refractivity contribution is 9.10. The zero-order valence-corrected chi connectivity index (χ0v) is 19.7. The first-order valence-electron chi connectivity index (χ1n) is 10.4. The summed E-state index contributed by atoms with van der Waals surface area (Å²) in [6.45, 7) is 4.60. The maximum Gasteiger partial charge on any atom is 0.343 e. The minimum Gasteiger partial charge on any atom is -0.494 e. The lowest BCUT2D eigenvalue weighted by atomic mass is 10.1. The van der Waals surface area contributed by atoms with Crippen LogP contribution in [0.25, 0.3) is 6.08 Å². The monoisotopic (exact) mass is 508 g/mol. The summed E-state index contributed by atoms with van der Waals surface area (Å²) in [6, 6.07) is 17.1. The molecule has 0 N–H and O–H groups in total. The maximum absolute atomic E-state index is 12.9. The Morgan fingerprint density at radius 1 is 1.00 bits per heavy atom. The smallest absolute Gasteiger partial charge is 0.343 e. The summed E-state index contributed by atoms with van der Waals surface area (Å²) in [5, 5.41) is 0. The summed E-state index contributed by atoms with van der Waals surface area (Å²) in [5.74, 6) is 0.950. The largest absolute Gasteiger partial charge is 0.494 e. The third-order valence-corrected chi connectivity index (χ3v) is 5.35. The summed E-state index contributed by atoms with van der Waals surface area (Å²) in [4.78, 5) is 25.7. The van der Waals surface area contributed by atoms with Gasteiger partial charge in [-0.2, -0.15) is 0 Å². The minimum atomic E-state index is -0.544. The predicted octanol–water partition coefficient (Wildman–Crippen LogP) is 6.08. The van der Waals surface area contributed by atoms with E-state index in [-0.39, 0.29) is 17.3 Å². The number of carbonyl (C=O) groups excluding carboxylic acids is 2. The van der Waals surface area contributed by atoms with Gasteiger partial charge in [0.2, 0.25) is 5.78 Å². The number of ether oxygens (including phenoxy) is 4. The van der Waals surface area contributed by atoms with Crippen molar-refractivity contribution in [2.24, 2.45) is 0 Å².